The molecular weight excluding hydrogens is 377 g/mol. The highest BCUT2D eigenvalue weighted by molar-refractivity contribution is 6.44. The first-order valence-corrected chi connectivity index (χ1v) is 7.86. The molecule has 0 radical (unpaired) electrons. The maximum atomic E-state index is 11.8. The molecule has 8 heteroatoms. The Labute approximate surface area is 153 Å². The lowest BCUT2D eigenvalue weighted by molar-refractivity contribution is -0.156. The van der Waals surface area contributed by atoms with Crippen molar-refractivity contribution >= 4 is 52.4 Å². The predicted molar refractivity (Wildman–Crippen MR) is 92.5 cm³/mol. The third-order valence-corrected chi connectivity index (χ3v) is 4.00. The number of anilines is 1. The molecule has 0 saturated heterocycles. The third kappa shape index (κ3) is 4.85. The molecule has 126 valence electrons. The van der Waals surface area contributed by atoms with E-state index in [0.29, 0.717) is 5.56 Å². The van der Waals surface area contributed by atoms with Crippen molar-refractivity contribution in [1.29, 1.82) is 0 Å². The number of halogens is 3. The highest BCUT2D eigenvalue weighted by Gasteiger charge is 2.20. The van der Waals surface area contributed by atoms with E-state index in [2.05, 4.69) is 5.32 Å². The Morgan fingerprint density at radius 1 is 1.04 bits per heavy atom. The second-order valence-electron chi connectivity index (χ2n) is 4.72. The number of carbonyl (C=O) groups is 2. The predicted octanol–water partition coefficient (Wildman–Crippen LogP) is 3.86. The summed E-state index contributed by atoms with van der Waals surface area (Å²) in [6.45, 7) is -0.584. The van der Waals surface area contributed by atoms with Gasteiger partial charge >= 0.3 is 5.97 Å². The Hall–Kier alpha value is -1.79. The second kappa shape index (κ2) is 8.35. The van der Waals surface area contributed by atoms with Crippen molar-refractivity contribution in [3.8, 4) is 0 Å². The van der Waals surface area contributed by atoms with Crippen molar-refractivity contribution in [3.05, 3.63) is 63.1 Å². The number of esters is 1. The third-order valence-electron chi connectivity index (χ3n) is 2.97. The Morgan fingerprint density at radius 3 is 2.33 bits per heavy atom. The number of ether oxygens (including phenoxy) is 1. The van der Waals surface area contributed by atoms with Crippen LogP contribution >= 0.6 is 34.8 Å². The molecule has 1 amide bonds. The van der Waals surface area contributed by atoms with Gasteiger partial charge in [-0.1, -0.05) is 65.1 Å². The molecule has 0 aromatic heterocycles. The first kappa shape index (κ1) is 18.5. The minimum atomic E-state index is -1.47. The zero-order chi connectivity index (χ0) is 17.7. The van der Waals surface area contributed by atoms with Gasteiger partial charge in [0.15, 0.2) is 12.7 Å². The fourth-order valence-electron chi connectivity index (χ4n) is 1.79. The maximum Gasteiger partial charge on any atom is 0.340 e. The molecule has 2 N–H and O–H groups in total. The summed E-state index contributed by atoms with van der Waals surface area (Å²) in [5, 5.41) is 12.9. The molecule has 2 aromatic carbocycles. The SMILES string of the molecule is O=C(COC(=O)[C@H](O)c1ccccc1)Nc1cc(Cl)c(Cl)cc1Cl. The lowest BCUT2D eigenvalue weighted by Gasteiger charge is -2.12. The topological polar surface area (TPSA) is 75.6 Å². The van der Waals surface area contributed by atoms with E-state index < -0.39 is 24.6 Å². The van der Waals surface area contributed by atoms with Gasteiger partial charge in [0.1, 0.15) is 0 Å². The van der Waals surface area contributed by atoms with Gasteiger partial charge in [0.25, 0.3) is 5.91 Å². The van der Waals surface area contributed by atoms with Crippen LogP contribution in [0.25, 0.3) is 0 Å². The fraction of sp³-hybridized carbons (Fsp3) is 0.125. The summed E-state index contributed by atoms with van der Waals surface area (Å²) in [5.41, 5.74) is 0.603. The van der Waals surface area contributed by atoms with E-state index in [0.717, 1.165) is 0 Å². The van der Waals surface area contributed by atoms with Crippen LogP contribution in [0, 0.1) is 0 Å². The summed E-state index contributed by atoms with van der Waals surface area (Å²) in [5.74, 6) is -1.57. The van der Waals surface area contributed by atoms with Gasteiger partial charge in [-0.15, -0.1) is 0 Å². The average Bonchev–Trinajstić information content (AvgIpc) is 2.57. The second-order valence-corrected chi connectivity index (χ2v) is 5.94. The summed E-state index contributed by atoms with van der Waals surface area (Å²) in [4.78, 5) is 23.6. The molecule has 0 aliphatic rings. The van der Waals surface area contributed by atoms with Crippen molar-refractivity contribution < 1.29 is 19.4 Å². The van der Waals surface area contributed by atoms with Gasteiger partial charge in [0.05, 0.1) is 20.8 Å². The van der Waals surface area contributed by atoms with Crippen molar-refractivity contribution in [3.63, 3.8) is 0 Å². The molecule has 0 aliphatic heterocycles. The summed E-state index contributed by atoms with van der Waals surface area (Å²) >= 11 is 17.6. The largest absolute Gasteiger partial charge is 0.453 e. The van der Waals surface area contributed by atoms with Crippen molar-refractivity contribution in [2.24, 2.45) is 0 Å². The highest BCUT2D eigenvalue weighted by atomic mass is 35.5. The number of rotatable bonds is 5. The van der Waals surface area contributed by atoms with Crippen LogP contribution in [-0.4, -0.2) is 23.6 Å². The number of nitrogens with one attached hydrogen (secondary N) is 1. The summed E-state index contributed by atoms with van der Waals surface area (Å²) in [6.07, 6.45) is -1.47. The normalized spacial score (nSPS) is 11.7. The number of benzene rings is 2. The quantitative estimate of drug-likeness (QED) is 0.602. The van der Waals surface area contributed by atoms with Crippen LogP contribution in [0.4, 0.5) is 5.69 Å². The molecule has 24 heavy (non-hydrogen) atoms. The van der Waals surface area contributed by atoms with E-state index in [4.69, 9.17) is 39.5 Å². The van der Waals surface area contributed by atoms with Gasteiger partial charge in [-0.2, -0.15) is 0 Å². The smallest absolute Gasteiger partial charge is 0.340 e. The molecule has 0 heterocycles. The van der Waals surface area contributed by atoms with Crippen LogP contribution < -0.4 is 5.32 Å². The van der Waals surface area contributed by atoms with Gasteiger partial charge in [-0.25, -0.2) is 4.79 Å². The van der Waals surface area contributed by atoms with Gasteiger partial charge in [-0.3, -0.25) is 4.79 Å². The van der Waals surface area contributed by atoms with Crippen LogP contribution in [-0.2, 0) is 14.3 Å². The van der Waals surface area contributed by atoms with Gasteiger partial charge in [0, 0.05) is 0 Å². The fourth-order valence-corrected chi connectivity index (χ4v) is 2.39. The minimum Gasteiger partial charge on any atom is -0.453 e. The Bertz CT molecular complexity index is 752. The first-order chi connectivity index (χ1) is 11.4. The van der Waals surface area contributed by atoms with E-state index in [9.17, 15) is 14.7 Å². The van der Waals surface area contributed by atoms with Crippen LogP contribution in [0.2, 0.25) is 15.1 Å². The molecule has 1 atom stereocenters. The first-order valence-electron chi connectivity index (χ1n) is 6.72. The summed E-state index contributed by atoms with van der Waals surface area (Å²) in [7, 11) is 0. The Kier molecular flexibility index (Phi) is 6.45. The molecule has 2 rings (SSSR count). The molecule has 0 spiro atoms. The summed E-state index contributed by atoms with van der Waals surface area (Å²) in [6, 6.07) is 11.0. The number of aliphatic hydroxyl groups is 1. The van der Waals surface area contributed by atoms with Gasteiger partial charge in [0.2, 0.25) is 0 Å². The van der Waals surface area contributed by atoms with Crippen LogP contribution in [0.5, 0.6) is 0 Å². The molecule has 2 aromatic rings. The van der Waals surface area contributed by atoms with E-state index in [1.165, 1.54) is 12.1 Å². The average molecular weight is 389 g/mol. The standard InChI is InChI=1S/C16H12Cl3NO4/c17-10-6-12(19)13(7-11(10)18)20-14(21)8-24-16(23)15(22)9-4-2-1-3-5-9/h1-7,15,22H,8H2,(H,20,21)/t15-/m1/s1. The molecule has 0 aliphatic carbocycles. The number of hydrogen-bond acceptors (Lipinski definition) is 4. The van der Waals surface area contributed by atoms with E-state index in [-0.39, 0.29) is 20.8 Å². The lowest BCUT2D eigenvalue weighted by Crippen LogP contribution is -2.24. The summed E-state index contributed by atoms with van der Waals surface area (Å²) < 4.78 is 4.78. The molecule has 5 nitrogen and oxygen atoms in total. The Morgan fingerprint density at radius 2 is 1.67 bits per heavy atom. The number of amides is 1. The number of aliphatic hydroxyl groups excluding tert-OH is 1. The van der Waals surface area contributed by atoms with Gasteiger partial charge < -0.3 is 15.2 Å². The zero-order valence-corrected chi connectivity index (χ0v) is 14.4. The van der Waals surface area contributed by atoms with Crippen LogP contribution in [0.1, 0.15) is 11.7 Å². The zero-order valence-electron chi connectivity index (χ0n) is 12.1. The Balaban J connectivity index is 1.91. The van der Waals surface area contributed by atoms with Crippen molar-refractivity contribution in [1.82, 2.24) is 0 Å². The molecule has 0 saturated carbocycles. The van der Waals surface area contributed by atoms with E-state index >= 15 is 0 Å². The lowest BCUT2D eigenvalue weighted by atomic mass is 10.1. The molecule has 0 unspecified atom stereocenters. The van der Waals surface area contributed by atoms with Gasteiger partial charge in [-0.05, 0) is 17.7 Å². The molecular formula is C16H12Cl3NO4. The van der Waals surface area contributed by atoms with E-state index in [1.54, 1.807) is 30.3 Å². The van der Waals surface area contributed by atoms with Crippen LogP contribution in [0.15, 0.2) is 42.5 Å². The minimum absolute atomic E-state index is 0.188. The van der Waals surface area contributed by atoms with Crippen molar-refractivity contribution in [2.75, 3.05) is 11.9 Å². The molecule has 0 bridgehead atoms. The highest BCUT2D eigenvalue weighted by Crippen LogP contribution is 2.32. The number of hydrogen-bond donors (Lipinski definition) is 2. The van der Waals surface area contributed by atoms with E-state index in [1.807, 2.05) is 0 Å². The van der Waals surface area contributed by atoms with Crippen LogP contribution in [0.3, 0.4) is 0 Å². The van der Waals surface area contributed by atoms with Crippen molar-refractivity contribution in [2.45, 2.75) is 6.10 Å². The molecule has 0 fully saturated rings. The monoisotopic (exact) mass is 387 g/mol. The number of carbonyl (C=O) groups excluding carboxylic acids is 2. The maximum absolute atomic E-state index is 11.8.